The average Bonchev–Trinajstić information content (AvgIpc) is 3.07. The molecular formula is C42H36O2P2. The second kappa shape index (κ2) is 11.7. The standard InChI is InChI=1S/C42H36O2P2/c1-45(2,43)35-19-11-17-31(25-35)33-21-23-37-39(27-33)41(29-13-7-5-8-14-29)38-24-22-34(32-18-12-20-36(26-32)46(3,4)44)28-40(38)42(37)30-15-9-6-10-16-30/h5-28H,1-4H3. The van der Waals surface area contributed by atoms with E-state index in [-0.39, 0.29) is 0 Å². The van der Waals surface area contributed by atoms with Crippen LogP contribution in [-0.2, 0) is 9.13 Å². The summed E-state index contributed by atoms with van der Waals surface area (Å²) in [6, 6.07) is 51.1. The van der Waals surface area contributed by atoms with Crippen molar-refractivity contribution in [1.29, 1.82) is 0 Å². The lowest BCUT2D eigenvalue weighted by Crippen LogP contribution is -2.02. The lowest BCUT2D eigenvalue weighted by Gasteiger charge is -2.20. The zero-order valence-corrected chi connectivity index (χ0v) is 28.4. The maximum absolute atomic E-state index is 13.0. The van der Waals surface area contributed by atoms with Crippen molar-refractivity contribution < 1.29 is 9.13 Å². The van der Waals surface area contributed by atoms with Crippen LogP contribution >= 0.6 is 14.3 Å². The van der Waals surface area contributed by atoms with Gasteiger partial charge in [0.15, 0.2) is 0 Å². The topological polar surface area (TPSA) is 34.1 Å². The molecule has 7 aromatic rings. The van der Waals surface area contributed by atoms with Gasteiger partial charge in [0.2, 0.25) is 0 Å². The highest BCUT2D eigenvalue weighted by Gasteiger charge is 2.20. The van der Waals surface area contributed by atoms with Crippen molar-refractivity contribution in [3.05, 3.63) is 146 Å². The molecule has 7 rings (SSSR count). The Morgan fingerprint density at radius 2 is 0.674 bits per heavy atom. The van der Waals surface area contributed by atoms with Crippen LogP contribution in [0, 0.1) is 0 Å². The van der Waals surface area contributed by atoms with E-state index in [1.165, 1.54) is 32.7 Å². The SMILES string of the molecule is CP(C)(=O)c1cccc(-c2ccc3c(-c4ccccc4)c4cc(-c5cccc(P(C)(C)=O)c5)ccc4c(-c4ccccc4)c3c2)c1. The number of hydrogen-bond acceptors (Lipinski definition) is 2. The van der Waals surface area contributed by atoms with Crippen molar-refractivity contribution in [2.75, 3.05) is 26.7 Å². The van der Waals surface area contributed by atoms with Crippen LogP contribution in [0.1, 0.15) is 0 Å². The van der Waals surface area contributed by atoms with Crippen LogP contribution in [0.15, 0.2) is 146 Å². The number of fused-ring (bicyclic) bond motifs is 2. The van der Waals surface area contributed by atoms with E-state index in [4.69, 9.17) is 0 Å². The second-order valence-electron chi connectivity index (χ2n) is 12.8. The normalized spacial score (nSPS) is 12.1. The second-order valence-corrected chi connectivity index (χ2v) is 19.2. The van der Waals surface area contributed by atoms with Crippen molar-refractivity contribution in [2.24, 2.45) is 0 Å². The summed E-state index contributed by atoms with van der Waals surface area (Å²) < 4.78 is 26.0. The molecule has 0 unspecified atom stereocenters. The Balaban J connectivity index is 1.58. The molecule has 0 amide bonds. The fraction of sp³-hybridized carbons (Fsp3) is 0.0952. The number of benzene rings is 7. The lowest BCUT2D eigenvalue weighted by atomic mass is 9.84. The molecule has 0 atom stereocenters. The third-order valence-electron chi connectivity index (χ3n) is 8.84. The van der Waals surface area contributed by atoms with Crippen LogP contribution in [-0.4, -0.2) is 26.7 Å². The Morgan fingerprint density at radius 3 is 1.04 bits per heavy atom. The minimum absolute atomic E-state index is 0.885. The first kappa shape index (κ1) is 30.2. The van der Waals surface area contributed by atoms with Gasteiger partial charge in [-0.2, -0.15) is 0 Å². The third kappa shape index (κ3) is 5.69. The monoisotopic (exact) mass is 634 g/mol. The lowest BCUT2D eigenvalue weighted by molar-refractivity contribution is 0.587. The first-order valence-corrected chi connectivity index (χ1v) is 20.7. The maximum Gasteiger partial charge on any atom is 0.109 e. The molecule has 0 spiro atoms. The smallest absolute Gasteiger partial charge is 0.109 e. The minimum atomic E-state index is -2.41. The van der Waals surface area contributed by atoms with E-state index in [0.717, 1.165) is 44.0 Å². The van der Waals surface area contributed by atoms with Crippen LogP contribution in [0.2, 0.25) is 0 Å². The van der Waals surface area contributed by atoms with Gasteiger partial charge in [-0.25, -0.2) is 0 Å². The van der Waals surface area contributed by atoms with Gasteiger partial charge in [0.25, 0.3) is 0 Å². The fourth-order valence-corrected chi connectivity index (χ4v) is 8.25. The Morgan fingerprint density at radius 1 is 0.326 bits per heavy atom. The average molecular weight is 635 g/mol. The largest absolute Gasteiger partial charge is 0.319 e. The Kier molecular flexibility index (Phi) is 7.68. The third-order valence-corrected chi connectivity index (χ3v) is 11.9. The van der Waals surface area contributed by atoms with E-state index >= 15 is 0 Å². The van der Waals surface area contributed by atoms with Gasteiger partial charge >= 0.3 is 0 Å². The molecule has 0 aliphatic rings. The molecule has 7 aromatic carbocycles. The summed E-state index contributed by atoms with van der Waals surface area (Å²) in [6.07, 6.45) is 0. The summed E-state index contributed by atoms with van der Waals surface area (Å²) in [5.41, 5.74) is 8.99. The molecule has 2 nitrogen and oxygen atoms in total. The molecule has 226 valence electrons. The first-order chi connectivity index (χ1) is 22.1. The molecule has 0 bridgehead atoms. The summed E-state index contributed by atoms with van der Waals surface area (Å²) in [5.74, 6) is 0. The summed E-state index contributed by atoms with van der Waals surface area (Å²) in [6.45, 7) is 7.30. The molecule has 4 heteroatoms. The molecule has 0 aliphatic heterocycles. The predicted molar refractivity (Wildman–Crippen MR) is 201 cm³/mol. The van der Waals surface area contributed by atoms with Gasteiger partial charge in [-0.15, -0.1) is 0 Å². The quantitative estimate of drug-likeness (QED) is 0.135. The highest BCUT2D eigenvalue weighted by molar-refractivity contribution is 7.70. The zero-order valence-electron chi connectivity index (χ0n) is 26.6. The number of hydrogen-bond donors (Lipinski definition) is 0. The zero-order chi connectivity index (χ0) is 32.1. The van der Waals surface area contributed by atoms with Crippen LogP contribution in [0.4, 0.5) is 0 Å². The van der Waals surface area contributed by atoms with E-state index in [0.29, 0.717) is 0 Å². The van der Waals surface area contributed by atoms with E-state index in [1.54, 1.807) is 0 Å². The van der Waals surface area contributed by atoms with Crippen molar-refractivity contribution >= 4 is 46.4 Å². The van der Waals surface area contributed by atoms with Gasteiger partial charge in [0, 0.05) is 10.6 Å². The van der Waals surface area contributed by atoms with Crippen LogP contribution in [0.3, 0.4) is 0 Å². The van der Waals surface area contributed by atoms with E-state index < -0.39 is 14.3 Å². The molecule has 0 heterocycles. The van der Waals surface area contributed by atoms with Gasteiger partial charge in [0.05, 0.1) is 0 Å². The molecular weight excluding hydrogens is 598 g/mol. The van der Waals surface area contributed by atoms with E-state index in [2.05, 4.69) is 121 Å². The van der Waals surface area contributed by atoms with Crippen LogP contribution in [0.25, 0.3) is 66.1 Å². The van der Waals surface area contributed by atoms with Gasteiger partial charge in [0.1, 0.15) is 14.3 Å². The van der Waals surface area contributed by atoms with Crippen LogP contribution in [0.5, 0.6) is 0 Å². The van der Waals surface area contributed by atoms with Crippen molar-refractivity contribution in [3.8, 4) is 44.5 Å². The fourth-order valence-electron chi connectivity index (χ4n) is 6.46. The molecule has 0 N–H and O–H groups in total. The molecule has 0 fully saturated rings. The van der Waals surface area contributed by atoms with Gasteiger partial charge in [-0.1, -0.05) is 121 Å². The molecule has 0 saturated heterocycles. The molecule has 0 aliphatic carbocycles. The molecule has 0 aromatic heterocycles. The molecule has 0 saturated carbocycles. The minimum Gasteiger partial charge on any atom is -0.319 e. The van der Waals surface area contributed by atoms with Gasteiger partial charge in [-0.3, -0.25) is 0 Å². The van der Waals surface area contributed by atoms with Crippen molar-refractivity contribution in [3.63, 3.8) is 0 Å². The summed E-state index contributed by atoms with van der Waals surface area (Å²) in [5, 5.41) is 6.46. The maximum atomic E-state index is 13.0. The summed E-state index contributed by atoms with van der Waals surface area (Å²) in [7, 11) is -4.82. The van der Waals surface area contributed by atoms with Gasteiger partial charge < -0.3 is 9.13 Å². The highest BCUT2D eigenvalue weighted by Crippen LogP contribution is 2.46. The van der Waals surface area contributed by atoms with Crippen molar-refractivity contribution in [2.45, 2.75) is 0 Å². The Bertz CT molecular complexity index is 2180. The van der Waals surface area contributed by atoms with Gasteiger partial charge in [-0.05, 0) is 117 Å². The summed E-state index contributed by atoms with van der Waals surface area (Å²) >= 11 is 0. The molecule has 0 radical (unpaired) electrons. The first-order valence-electron chi connectivity index (χ1n) is 15.5. The van der Waals surface area contributed by atoms with E-state index in [9.17, 15) is 9.13 Å². The van der Waals surface area contributed by atoms with Crippen LogP contribution < -0.4 is 10.6 Å². The Hall–Kier alpha value is -4.48. The summed E-state index contributed by atoms with van der Waals surface area (Å²) in [4.78, 5) is 0. The predicted octanol–water partition coefficient (Wildman–Crippen LogP) is 11.2. The number of rotatable bonds is 6. The molecule has 46 heavy (non-hydrogen) atoms. The van der Waals surface area contributed by atoms with Crippen molar-refractivity contribution in [1.82, 2.24) is 0 Å². The Labute approximate surface area is 271 Å². The van der Waals surface area contributed by atoms with E-state index in [1.807, 2.05) is 50.9 Å². The highest BCUT2D eigenvalue weighted by atomic mass is 31.2.